The fourth-order valence-corrected chi connectivity index (χ4v) is 3.79. The number of aromatic hydroxyl groups is 1. The molecule has 0 spiro atoms. The Labute approximate surface area is 217 Å². The van der Waals surface area contributed by atoms with Gasteiger partial charge in [0.15, 0.2) is 11.6 Å². The third-order valence-electron chi connectivity index (χ3n) is 5.97. The number of nitrogens with zero attached hydrogens (tertiary/aromatic N) is 3. The molecule has 0 fully saturated rings. The van der Waals surface area contributed by atoms with Gasteiger partial charge in [-0.15, -0.1) is 0 Å². The van der Waals surface area contributed by atoms with Crippen molar-refractivity contribution in [3.8, 4) is 34.3 Å². The van der Waals surface area contributed by atoms with E-state index in [1.807, 2.05) is 26.0 Å². The minimum absolute atomic E-state index is 0.0409. The Morgan fingerprint density at radius 3 is 2.22 bits per heavy atom. The average molecular weight is 512 g/mol. The van der Waals surface area contributed by atoms with E-state index in [1.54, 1.807) is 25.1 Å². The summed E-state index contributed by atoms with van der Waals surface area (Å²) >= 11 is 0. The van der Waals surface area contributed by atoms with E-state index in [1.165, 1.54) is 6.07 Å². The zero-order valence-electron chi connectivity index (χ0n) is 21.9. The summed E-state index contributed by atoms with van der Waals surface area (Å²) in [7, 11) is 0. The molecule has 200 valence electrons. The third-order valence-corrected chi connectivity index (χ3v) is 5.97. The van der Waals surface area contributed by atoms with Gasteiger partial charge in [-0.1, -0.05) is 38.5 Å². The molecule has 3 rings (SSSR count). The number of ether oxygens (including phenoxy) is 2. The normalized spacial score (nSPS) is 13.8. The Morgan fingerprint density at radius 1 is 0.865 bits per heavy atom. The Kier molecular flexibility index (Phi) is 10.3. The van der Waals surface area contributed by atoms with Gasteiger partial charge in [0.25, 0.3) is 0 Å². The number of aromatic nitrogens is 3. The average Bonchev–Trinajstić information content (AvgIpc) is 2.88. The highest BCUT2D eigenvalue weighted by Gasteiger charge is 2.19. The second kappa shape index (κ2) is 13.4. The lowest BCUT2D eigenvalue weighted by atomic mass is 9.97. The summed E-state index contributed by atoms with van der Waals surface area (Å²) < 4.78 is 11.0. The Balaban J connectivity index is 1.77. The highest BCUT2D eigenvalue weighted by Crippen LogP contribution is 2.32. The number of hydrogen-bond donors (Lipinski definition) is 4. The maximum atomic E-state index is 10.7. The first-order chi connectivity index (χ1) is 17.7. The van der Waals surface area contributed by atoms with Gasteiger partial charge >= 0.3 is 0 Å². The summed E-state index contributed by atoms with van der Waals surface area (Å²) in [5.41, 5.74) is 2.62. The van der Waals surface area contributed by atoms with Crippen molar-refractivity contribution in [2.75, 3.05) is 19.8 Å². The smallest absolute Gasteiger partial charge is 0.167 e. The van der Waals surface area contributed by atoms with Crippen LogP contribution in [0.2, 0.25) is 0 Å². The maximum Gasteiger partial charge on any atom is 0.167 e. The summed E-state index contributed by atoms with van der Waals surface area (Å²) in [5, 5.41) is 41.0. The fraction of sp³-hybridized carbons (Fsp3) is 0.464. The summed E-state index contributed by atoms with van der Waals surface area (Å²) in [5.74, 6) is 1.56. The molecule has 3 aromatic rings. The molecule has 1 aromatic heterocycles. The lowest BCUT2D eigenvalue weighted by Crippen LogP contribution is -2.23. The number of hydrogen-bond acceptors (Lipinski definition) is 9. The number of benzene rings is 2. The van der Waals surface area contributed by atoms with E-state index in [-0.39, 0.29) is 19.0 Å². The van der Waals surface area contributed by atoms with Crippen molar-refractivity contribution in [3.05, 3.63) is 53.3 Å². The summed E-state index contributed by atoms with van der Waals surface area (Å²) in [6.07, 6.45) is -0.166. The molecule has 3 unspecified atom stereocenters. The molecule has 0 aliphatic heterocycles. The lowest BCUT2D eigenvalue weighted by Gasteiger charge is -2.18. The van der Waals surface area contributed by atoms with E-state index in [0.717, 1.165) is 24.0 Å². The fourth-order valence-electron chi connectivity index (χ4n) is 3.79. The van der Waals surface area contributed by atoms with E-state index in [9.17, 15) is 20.4 Å². The summed E-state index contributed by atoms with van der Waals surface area (Å²) in [6.45, 7) is 8.35. The molecule has 2 aromatic carbocycles. The van der Waals surface area contributed by atoms with Gasteiger partial charge < -0.3 is 29.9 Å². The van der Waals surface area contributed by atoms with Crippen LogP contribution in [0, 0.1) is 13.8 Å². The van der Waals surface area contributed by atoms with Crippen molar-refractivity contribution < 1.29 is 29.9 Å². The van der Waals surface area contributed by atoms with Crippen molar-refractivity contribution in [3.63, 3.8) is 0 Å². The van der Waals surface area contributed by atoms with E-state index in [2.05, 4.69) is 21.9 Å². The van der Waals surface area contributed by atoms with Gasteiger partial charge in [0.05, 0.1) is 18.3 Å². The molecule has 37 heavy (non-hydrogen) atoms. The van der Waals surface area contributed by atoms with Crippen LogP contribution < -0.4 is 4.74 Å². The SMILES string of the molecule is CCCCOCC(O)COc1ccc(-c2nc(C)nc(-c3ccc(C(O)C(O)CC)cc3C)n2)c(O)c1. The van der Waals surface area contributed by atoms with Crippen molar-refractivity contribution in [2.45, 2.75) is 65.3 Å². The molecule has 4 N–H and O–H groups in total. The summed E-state index contributed by atoms with van der Waals surface area (Å²) in [6, 6.07) is 10.2. The van der Waals surface area contributed by atoms with Crippen LogP contribution in [0.1, 0.15) is 56.2 Å². The number of rotatable bonds is 13. The highest BCUT2D eigenvalue weighted by atomic mass is 16.5. The van der Waals surface area contributed by atoms with E-state index in [0.29, 0.717) is 47.4 Å². The molecule has 0 aliphatic rings. The highest BCUT2D eigenvalue weighted by molar-refractivity contribution is 5.68. The zero-order valence-corrected chi connectivity index (χ0v) is 21.9. The molecular formula is C28H37N3O6. The molecule has 0 saturated carbocycles. The van der Waals surface area contributed by atoms with E-state index >= 15 is 0 Å². The van der Waals surface area contributed by atoms with E-state index < -0.39 is 18.3 Å². The minimum Gasteiger partial charge on any atom is -0.507 e. The zero-order chi connectivity index (χ0) is 26.9. The van der Waals surface area contributed by atoms with Crippen molar-refractivity contribution in [1.29, 1.82) is 0 Å². The molecule has 0 amide bonds. The Morgan fingerprint density at radius 2 is 1.57 bits per heavy atom. The minimum atomic E-state index is -0.971. The van der Waals surface area contributed by atoms with Crippen LogP contribution >= 0.6 is 0 Å². The number of aliphatic hydroxyl groups is 3. The molecule has 0 saturated heterocycles. The first-order valence-electron chi connectivity index (χ1n) is 12.6. The Bertz CT molecular complexity index is 1170. The van der Waals surface area contributed by atoms with Gasteiger partial charge in [-0.3, -0.25) is 0 Å². The predicted molar refractivity (Wildman–Crippen MR) is 140 cm³/mol. The van der Waals surface area contributed by atoms with Gasteiger partial charge in [-0.05, 0) is 49.9 Å². The standard InChI is InChI=1S/C28H37N3O6/c1-5-7-12-36-15-20(32)16-37-21-9-11-23(25(34)14-21)28-30-18(4)29-27(31-28)22-10-8-19(13-17(22)3)26(35)24(33)6-2/h8-11,13-14,20,24,26,32-35H,5-7,12,15-16H2,1-4H3. The summed E-state index contributed by atoms with van der Waals surface area (Å²) in [4.78, 5) is 13.5. The van der Waals surface area contributed by atoms with Crippen LogP contribution in [-0.2, 0) is 4.74 Å². The van der Waals surface area contributed by atoms with Crippen LogP contribution in [0.25, 0.3) is 22.8 Å². The maximum absolute atomic E-state index is 10.7. The van der Waals surface area contributed by atoms with Crippen LogP contribution in [-0.4, -0.2) is 67.4 Å². The molecule has 3 atom stereocenters. The first kappa shape index (κ1) is 28.5. The predicted octanol–water partition coefficient (Wildman–Crippen LogP) is 3.89. The number of unbranched alkanes of at least 4 members (excludes halogenated alkanes) is 1. The van der Waals surface area contributed by atoms with E-state index in [4.69, 9.17) is 9.47 Å². The van der Waals surface area contributed by atoms with Crippen molar-refractivity contribution >= 4 is 0 Å². The number of aliphatic hydroxyl groups excluding tert-OH is 3. The molecule has 0 bridgehead atoms. The quantitative estimate of drug-likeness (QED) is 0.252. The molecular weight excluding hydrogens is 474 g/mol. The Hall–Kier alpha value is -3.11. The number of phenolic OH excluding ortho intramolecular Hbond substituents is 1. The van der Waals surface area contributed by atoms with Gasteiger partial charge in [-0.2, -0.15) is 0 Å². The largest absolute Gasteiger partial charge is 0.507 e. The number of phenols is 1. The van der Waals surface area contributed by atoms with Crippen LogP contribution in [0.4, 0.5) is 0 Å². The van der Waals surface area contributed by atoms with Crippen molar-refractivity contribution in [2.24, 2.45) is 0 Å². The van der Waals surface area contributed by atoms with Gasteiger partial charge in [-0.25, -0.2) is 15.0 Å². The molecule has 9 heteroatoms. The monoisotopic (exact) mass is 511 g/mol. The second-order valence-corrected chi connectivity index (χ2v) is 9.10. The third kappa shape index (κ3) is 7.69. The molecule has 9 nitrogen and oxygen atoms in total. The lowest BCUT2D eigenvalue weighted by molar-refractivity contribution is 0.0113. The van der Waals surface area contributed by atoms with Crippen LogP contribution in [0.5, 0.6) is 11.5 Å². The van der Waals surface area contributed by atoms with Crippen LogP contribution in [0.3, 0.4) is 0 Å². The molecule has 1 heterocycles. The van der Waals surface area contributed by atoms with Gasteiger partial charge in [0.2, 0.25) is 0 Å². The van der Waals surface area contributed by atoms with Crippen LogP contribution in [0.15, 0.2) is 36.4 Å². The topological polar surface area (TPSA) is 138 Å². The second-order valence-electron chi connectivity index (χ2n) is 9.10. The number of aryl methyl sites for hydroxylation is 2. The molecule has 0 radical (unpaired) electrons. The van der Waals surface area contributed by atoms with Gasteiger partial charge in [0.1, 0.15) is 36.1 Å². The van der Waals surface area contributed by atoms with Gasteiger partial charge in [0, 0.05) is 18.2 Å². The first-order valence-corrected chi connectivity index (χ1v) is 12.6. The molecule has 0 aliphatic carbocycles. The van der Waals surface area contributed by atoms with Crippen molar-refractivity contribution in [1.82, 2.24) is 15.0 Å².